The van der Waals surface area contributed by atoms with Gasteiger partial charge in [0.1, 0.15) is 10.8 Å². The first-order valence-electron chi connectivity index (χ1n) is 5.65. The molecule has 3 rings (SSSR count). The Bertz CT molecular complexity index is 527. The van der Waals surface area contributed by atoms with Crippen molar-refractivity contribution < 1.29 is 0 Å². The van der Waals surface area contributed by atoms with Gasteiger partial charge in [-0.3, -0.25) is 0 Å². The van der Waals surface area contributed by atoms with Gasteiger partial charge in [-0.05, 0) is 37.2 Å². The molecule has 2 heterocycles. The van der Waals surface area contributed by atoms with E-state index >= 15 is 0 Å². The van der Waals surface area contributed by atoms with Gasteiger partial charge in [0.2, 0.25) is 0 Å². The van der Waals surface area contributed by atoms with Crippen molar-refractivity contribution >= 4 is 33.7 Å². The number of aryl methyl sites for hydroxylation is 1. The van der Waals surface area contributed by atoms with Crippen molar-refractivity contribution in [1.82, 2.24) is 9.36 Å². The molecule has 6 heteroatoms. The van der Waals surface area contributed by atoms with Gasteiger partial charge in [0.15, 0.2) is 0 Å². The third-order valence-electron chi connectivity index (χ3n) is 2.84. The summed E-state index contributed by atoms with van der Waals surface area (Å²) in [6.07, 6.45) is 2.68. The van der Waals surface area contributed by atoms with Gasteiger partial charge in [-0.2, -0.15) is 4.37 Å². The average molecular weight is 266 g/mol. The average Bonchev–Trinajstić information content (AvgIpc) is 2.93. The van der Waals surface area contributed by atoms with Crippen LogP contribution in [0.3, 0.4) is 0 Å². The van der Waals surface area contributed by atoms with Crippen LogP contribution in [-0.2, 0) is 0 Å². The normalized spacial score (nSPS) is 15.1. The number of nitrogen functional groups attached to an aromatic ring is 1. The molecule has 1 aliphatic rings. The molecule has 3 N–H and O–H groups in total. The molecular weight excluding hydrogens is 252 g/mol. The molecule has 1 fully saturated rings. The summed E-state index contributed by atoms with van der Waals surface area (Å²) in [5, 5.41) is 7.59. The molecule has 0 radical (unpaired) electrons. The first kappa shape index (κ1) is 11.0. The van der Waals surface area contributed by atoms with E-state index in [1.807, 2.05) is 12.3 Å². The van der Waals surface area contributed by atoms with Crippen molar-refractivity contribution in [2.24, 2.45) is 5.92 Å². The van der Waals surface area contributed by atoms with Crippen LogP contribution in [0.15, 0.2) is 5.38 Å². The van der Waals surface area contributed by atoms with Crippen LogP contribution in [0.2, 0.25) is 0 Å². The Balaban J connectivity index is 1.88. The van der Waals surface area contributed by atoms with Gasteiger partial charge >= 0.3 is 0 Å². The Morgan fingerprint density at radius 2 is 2.35 bits per heavy atom. The number of thiazole rings is 1. The minimum atomic E-state index is 0.582. The molecule has 0 aliphatic heterocycles. The molecule has 0 unspecified atom stereocenters. The van der Waals surface area contributed by atoms with Crippen LogP contribution in [0.1, 0.15) is 17.8 Å². The molecule has 90 valence electrons. The van der Waals surface area contributed by atoms with E-state index in [0.717, 1.165) is 33.7 Å². The van der Waals surface area contributed by atoms with Gasteiger partial charge in [0.05, 0.1) is 16.3 Å². The first-order valence-corrected chi connectivity index (χ1v) is 7.31. The minimum absolute atomic E-state index is 0.582. The van der Waals surface area contributed by atoms with Crippen molar-refractivity contribution in [3.63, 3.8) is 0 Å². The zero-order chi connectivity index (χ0) is 11.8. The summed E-state index contributed by atoms with van der Waals surface area (Å²) >= 11 is 3.07. The smallest absolute Gasteiger partial charge is 0.148 e. The lowest BCUT2D eigenvalue weighted by molar-refractivity contribution is 0.892. The van der Waals surface area contributed by atoms with E-state index in [2.05, 4.69) is 14.7 Å². The fraction of sp³-hybridized carbons (Fsp3) is 0.455. The Hall–Kier alpha value is -1.14. The highest BCUT2D eigenvalue weighted by atomic mass is 32.1. The maximum atomic E-state index is 5.93. The Morgan fingerprint density at radius 3 is 3.00 bits per heavy atom. The highest BCUT2D eigenvalue weighted by Gasteiger charge is 2.22. The first-order chi connectivity index (χ1) is 8.24. The van der Waals surface area contributed by atoms with Gasteiger partial charge in [0, 0.05) is 11.9 Å². The van der Waals surface area contributed by atoms with Crippen LogP contribution in [-0.4, -0.2) is 15.9 Å². The van der Waals surface area contributed by atoms with Crippen LogP contribution in [0.25, 0.3) is 11.3 Å². The number of nitrogens with two attached hydrogens (primary N) is 1. The second-order valence-electron chi connectivity index (χ2n) is 4.35. The standard InChI is InChI=1S/C11H14N4S2/c1-6-14-8(5-16-6)9-10(12)15-17-11(9)13-4-7-2-3-7/h5,7,13H,2-4H2,1H3,(H2,12,15). The van der Waals surface area contributed by atoms with Crippen molar-refractivity contribution in [3.8, 4) is 11.3 Å². The SMILES string of the molecule is Cc1nc(-c2c(N)nsc2NCC2CC2)cs1. The molecule has 2 aromatic rings. The molecule has 0 spiro atoms. The maximum Gasteiger partial charge on any atom is 0.148 e. The fourth-order valence-electron chi connectivity index (χ4n) is 1.71. The number of nitrogens with zero attached hydrogens (tertiary/aromatic N) is 2. The third-order valence-corrected chi connectivity index (χ3v) is 4.43. The summed E-state index contributed by atoms with van der Waals surface area (Å²) < 4.78 is 4.22. The maximum absolute atomic E-state index is 5.93. The van der Waals surface area contributed by atoms with E-state index in [-0.39, 0.29) is 0 Å². The highest BCUT2D eigenvalue weighted by Crippen LogP contribution is 2.38. The molecule has 0 aromatic carbocycles. The number of hydrogen-bond donors (Lipinski definition) is 2. The van der Waals surface area contributed by atoms with Crippen LogP contribution in [0.4, 0.5) is 10.8 Å². The highest BCUT2D eigenvalue weighted by molar-refractivity contribution is 7.11. The number of hydrogen-bond acceptors (Lipinski definition) is 6. The molecule has 0 atom stereocenters. The number of anilines is 2. The van der Waals surface area contributed by atoms with Crippen LogP contribution in [0.5, 0.6) is 0 Å². The Kier molecular flexibility index (Phi) is 2.76. The molecule has 0 amide bonds. The summed E-state index contributed by atoms with van der Waals surface area (Å²) in [6.45, 7) is 3.03. The molecule has 4 nitrogen and oxygen atoms in total. The van der Waals surface area contributed by atoms with Crippen LogP contribution < -0.4 is 11.1 Å². The lowest BCUT2D eigenvalue weighted by atomic mass is 10.2. The second kappa shape index (κ2) is 4.27. The lowest BCUT2D eigenvalue weighted by Gasteiger charge is -2.04. The zero-order valence-electron chi connectivity index (χ0n) is 9.56. The fourth-order valence-corrected chi connectivity index (χ4v) is 3.04. The van der Waals surface area contributed by atoms with Gasteiger partial charge in [-0.15, -0.1) is 11.3 Å². The molecular formula is C11H14N4S2. The van der Waals surface area contributed by atoms with E-state index in [1.165, 1.54) is 24.4 Å². The number of aromatic nitrogens is 2. The number of nitrogens with one attached hydrogen (secondary N) is 1. The third kappa shape index (κ3) is 2.28. The summed E-state index contributed by atoms with van der Waals surface area (Å²) in [5.41, 5.74) is 7.84. The quantitative estimate of drug-likeness (QED) is 0.893. The Morgan fingerprint density at radius 1 is 1.53 bits per heavy atom. The van der Waals surface area contributed by atoms with E-state index in [9.17, 15) is 0 Å². The molecule has 1 saturated carbocycles. The largest absolute Gasteiger partial charge is 0.382 e. The lowest BCUT2D eigenvalue weighted by Crippen LogP contribution is -2.02. The topological polar surface area (TPSA) is 63.8 Å². The molecule has 0 bridgehead atoms. The number of rotatable bonds is 4. The summed E-state index contributed by atoms with van der Waals surface area (Å²) in [5.74, 6) is 1.42. The van der Waals surface area contributed by atoms with E-state index in [0.29, 0.717) is 5.82 Å². The van der Waals surface area contributed by atoms with Gasteiger partial charge in [-0.25, -0.2) is 4.98 Å². The predicted octanol–water partition coefficient (Wildman–Crippen LogP) is 2.98. The predicted molar refractivity (Wildman–Crippen MR) is 73.6 cm³/mol. The Labute approximate surface area is 108 Å². The molecule has 0 saturated heterocycles. The van der Waals surface area contributed by atoms with E-state index in [1.54, 1.807) is 11.3 Å². The van der Waals surface area contributed by atoms with Crippen molar-refractivity contribution in [3.05, 3.63) is 10.4 Å². The molecule has 17 heavy (non-hydrogen) atoms. The van der Waals surface area contributed by atoms with Crippen molar-refractivity contribution in [2.45, 2.75) is 19.8 Å². The van der Waals surface area contributed by atoms with Crippen molar-refractivity contribution in [2.75, 3.05) is 17.6 Å². The summed E-state index contributed by atoms with van der Waals surface area (Å²) in [4.78, 5) is 4.48. The summed E-state index contributed by atoms with van der Waals surface area (Å²) in [7, 11) is 0. The monoisotopic (exact) mass is 266 g/mol. The van der Waals surface area contributed by atoms with E-state index < -0.39 is 0 Å². The van der Waals surface area contributed by atoms with Crippen molar-refractivity contribution in [1.29, 1.82) is 0 Å². The van der Waals surface area contributed by atoms with Gasteiger partial charge in [-0.1, -0.05) is 0 Å². The minimum Gasteiger partial charge on any atom is -0.382 e. The van der Waals surface area contributed by atoms with Crippen LogP contribution in [0, 0.1) is 12.8 Å². The molecule has 2 aromatic heterocycles. The summed E-state index contributed by atoms with van der Waals surface area (Å²) in [6, 6.07) is 0. The molecule has 1 aliphatic carbocycles. The van der Waals surface area contributed by atoms with Crippen LogP contribution >= 0.6 is 22.9 Å². The van der Waals surface area contributed by atoms with E-state index in [4.69, 9.17) is 5.73 Å². The zero-order valence-corrected chi connectivity index (χ0v) is 11.2. The second-order valence-corrected chi connectivity index (χ2v) is 6.18. The van der Waals surface area contributed by atoms with Gasteiger partial charge < -0.3 is 11.1 Å². The van der Waals surface area contributed by atoms with Gasteiger partial charge in [0.25, 0.3) is 0 Å².